The quantitative estimate of drug-likeness (QED) is 0.614. The third-order valence-electron chi connectivity index (χ3n) is 2.08. The average Bonchev–Trinajstić information content (AvgIpc) is 2.39. The van der Waals surface area contributed by atoms with Crippen LogP contribution in [-0.2, 0) is 14.2 Å². The molecule has 0 saturated heterocycles. The van der Waals surface area contributed by atoms with Crippen molar-refractivity contribution in [3.8, 4) is 0 Å². The van der Waals surface area contributed by atoms with Crippen molar-refractivity contribution >= 4 is 18.1 Å². The molecule has 0 heterocycles. The number of hydrogen-bond donors (Lipinski definition) is 0. The second-order valence-electron chi connectivity index (χ2n) is 3.34. The van der Waals surface area contributed by atoms with Crippen molar-refractivity contribution in [3.05, 3.63) is 35.4 Å². The molecule has 6 heteroatoms. The van der Waals surface area contributed by atoms with Crippen LogP contribution in [0.1, 0.15) is 34.6 Å². The second kappa shape index (κ2) is 7.15. The van der Waals surface area contributed by atoms with Crippen LogP contribution in [0, 0.1) is 0 Å². The van der Waals surface area contributed by atoms with Gasteiger partial charge >= 0.3 is 18.1 Å². The number of carbonyl (C=O) groups is 3. The molecule has 0 aromatic heterocycles. The van der Waals surface area contributed by atoms with Crippen LogP contribution in [0.25, 0.3) is 0 Å². The molecular weight excluding hydrogens is 252 g/mol. The van der Waals surface area contributed by atoms with Crippen LogP contribution in [0.2, 0.25) is 0 Å². The molecule has 1 aromatic carbocycles. The summed E-state index contributed by atoms with van der Waals surface area (Å²) in [6.45, 7) is 3.50. The summed E-state index contributed by atoms with van der Waals surface area (Å²) in [4.78, 5) is 34.4. The largest absolute Gasteiger partial charge is 0.516 e. The minimum Gasteiger partial charge on any atom is -0.462 e. The molecule has 0 unspecified atom stereocenters. The summed E-state index contributed by atoms with van der Waals surface area (Å²) < 4.78 is 13.7. The Morgan fingerprint density at radius 3 is 1.95 bits per heavy atom. The van der Waals surface area contributed by atoms with Crippen LogP contribution >= 0.6 is 0 Å². The molecule has 0 spiro atoms. The lowest BCUT2D eigenvalue weighted by Gasteiger charge is -2.07. The highest BCUT2D eigenvalue weighted by Gasteiger charge is 2.21. The van der Waals surface area contributed by atoms with E-state index in [0.717, 1.165) is 0 Å². The van der Waals surface area contributed by atoms with Crippen LogP contribution in [0.3, 0.4) is 0 Å². The van der Waals surface area contributed by atoms with Gasteiger partial charge in [0.05, 0.1) is 24.3 Å². The van der Waals surface area contributed by atoms with E-state index >= 15 is 0 Å². The number of esters is 2. The summed E-state index contributed by atoms with van der Waals surface area (Å²) in [6.07, 6.45) is -1.11. The number of benzene rings is 1. The first-order valence-corrected chi connectivity index (χ1v) is 5.75. The first-order chi connectivity index (χ1) is 9.10. The molecule has 1 aromatic rings. The molecule has 0 aliphatic rings. The monoisotopic (exact) mass is 266 g/mol. The van der Waals surface area contributed by atoms with Gasteiger partial charge in [0.25, 0.3) is 0 Å². The maximum Gasteiger partial charge on any atom is 0.516 e. The van der Waals surface area contributed by atoms with Crippen molar-refractivity contribution < 1.29 is 28.6 Å². The minimum absolute atomic E-state index is 0.0404. The minimum atomic E-state index is -1.11. The predicted octanol–water partition coefficient (Wildman–Crippen LogP) is 2.18. The molecule has 6 nitrogen and oxygen atoms in total. The zero-order chi connectivity index (χ0) is 14.3. The van der Waals surface area contributed by atoms with E-state index in [4.69, 9.17) is 4.74 Å². The van der Waals surface area contributed by atoms with Crippen LogP contribution in [-0.4, -0.2) is 31.3 Å². The number of rotatable bonds is 4. The van der Waals surface area contributed by atoms with Gasteiger partial charge in [0.2, 0.25) is 0 Å². The third kappa shape index (κ3) is 4.09. The van der Waals surface area contributed by atoms with Crippen LogP contribution in [0.15, 0.2) is 24.3 Å². The summed E-state index contributed by atoms with van der Waals surface area (Å²) in [6, 6.07) is 5.91. The highest BCUT2D eigenvalue weighted by atomic mass is 16.7. The molecule has 19 heavy (non-hydrogen) atoms. The molecule has 0 bridgehead atoms. The van der Waals surface area contributed by atoms with Crippen LogP contribution < -0.4 is 0 Å². The summed E-state index contributed by atoms with van der Waals surface area (Å²) >= 11 is 0. The maximum absolute atomic E-state index is 11.7. The van der Waals surface area contributed by atoms with E-state index in [1.54, 1.807) is 26.0 Å². The lowest BCUT2D eigenvalue weighted by Crippen LogP contribution is -2.17. The third-order valence-corrected chi connectivity index (χ3v) is 2.08. The predicted molar refractivity (Wildman–Crippen MR) is 64.8 cm³/mol. The Kier molecular flexibility index (Phi) is 5.53. The second-order valence-corrected chi connectivity index (χ2v) is 3.34. The molecule has 0 saturated carbocycles. The number of carbonyl (C=O) groups excluding carboxylic acids is 3. The van der Waals surface area contributed by atoms with Crippen molar-refractivity contribution in [2.75, 3.05) is 13.2 Å². The van der Waals surface area contributed by atoms with Gasteiger partial charge in [0.15, 0.2) is 0 Å². The Labute approximate surface area is 110 Å². The average molecular weight is 266 g/mol. The topological polar surface area (TPSA) is 78.9 Å². The van der Waals surface area contributed by atoms with Crippen molar-refractivity contribution in [1.29, 1.82) is 0 Å². The highest BCUT2D eigenvalue weighted by molar-refractivity contribution is 6.05. The van der Waals surface area contributed by atoms with Gasteiger partial charge in [-0.3, -0.25) is 0 Å². The molecule has 0 N–H and O–H groups in total. The first-order valence-electron chi connectivity index (χ1n) is 5.75. The Balaban J connectivity index is 2.90. The van der Waals surface area contributed by atoms with Gasteiger partial charge in [-0.05, 0) is 26.0 Å². The SMILES string of the molecule is CCOC(=O)OC(=O)c1ccccc1C(=O)OCC. The molecule has 0 fully saturated rings. The van der Waals surface area contributed by atoms with Gasteiger partial charge in [-0.15, -0.1) is 0 Å². The van der Waals surface area contributed by atoms with Gasteiger partial charge < -0.3 is 14.2 Å². The van der Waals surface area contributed by atoms with Gasteiger partial charge in [-0.25, -0.2) is 14.4 Å². The molecule has 102 valence electrons. The van der Waals surface area contributed by atoms with E-state index in [0.29, 0.717) is 0 Å². The Morgan fingerprint density at radius 2 is 1.42 bits per heavy atom. The fourth-order valence-electron chi connectivity index (χ4n) is 1.33. The first kappa shape index (κ1) is 14.7. The molecule has 1 rings (SSSR count). The van der Waals surface area contributed by atoms with E-state index in [9.17, 15) is 14.4 Å². The van der Waals surface area contributed by atoms with Gasteiger partial charge in [-0.2, -0.15) is 0 Å². The number of hydrogen-bond acceptors (Lipinski definition) is 6. The molecular formula is C13H14O6. The molecule has 0 aliphatic heterocycles. The molecule has 0 amide bonds. The lowest BCUT2D eigenvalue weighted by molar-refractivity contribution is 0.0386. The van der Waals surface area contributed by atoms with Crippen molar-refractivity contribution in [1.82, 2.24) is 0 Å². The smallest absolute Gasteiger partial charge is 0.462 e. The van der Waals surface area contributed by atoms with Gasteiger partial charge in [0.1, 0.15) is 0 Å². The Morgan fingerprint density at radius 1 is 0.895 bits per heavy atom. The molecule has 0 radical (unpaired) electrons. The summed E-state index contributed by atoms with van der Waals surface area (Å²) in [5.74, 6) is -1.61. The summed E-state index contributed by atoms with van der Waals surface area (Å²) in [7, 11) is 0. The van der Waals surface area contributed by atoms with Crippen molar-refractivity contribution in [2.24, 2.45) is 0 Å². The highest BCUT2D eigenvalue weighted by Crippen LogP contribution is 2.12. The Hall–Kier alpha value is -2.37. The lowest BCUT2D eigenvalue weighted by atomic mass is 10.1. The van der Waals surface area contributed by atoms with E-state index < -0.39 is 18.1 Å². The fraction of sp³-hybridized carbons (Fsp3) is 0.308. The van der Waals surface area contributed by atoms with E-state index in [-0.39, 0.29) is 24.3 Å². The van der Waals surface area contributed by atoms with Crippen LogP contribution in [0.5, 0.6) is 0 Å². The summed E-state index contributed by atoms with van der Waals surface area (Å²) in [5, 5.41) is 0. The zero-order valence-corrected chi connectivity index (χ0v) is 10.7. The van der Waals surface area contributed by atoms with Crippen LogP contribution in [0.4, 0.5) is 4.79 Å². The molecule has 0 aliphatic carbocycles. The van der Waals surface area contributed by atoms with E-state index in [1.807, 2.05) is 0 Å². The maximum atomic E-state index is 11.7. The van der Waals surface area contributed by atoms with E-state index in [2.05, 4.69) is 9.47 Å². The zero-order valence-electron chi connectivity index (χ0n) is 10.7. The van der Waals surface area contributed by atoms with E-state index in [1.165, 1.54) is 12.1 Å². The Bertz CT molecular complexity index is 480. The normalized spacial score (nSPS) is 9.58. The standard InChI is InChI=1S/C13H14O6/c1-3-17-11(14)9-7-5-6-8-10(9)12(15)19-13(16)18-4-2/h5-8H,3-4H2,1-2H3. The summed E-state index contributed by atoms with van der Waals surface area (Å²) in [5.41, 5.74) is -0.00680. The fourth-order valence-corrected chi connectivity index (χ4v) is 1.33. The van der Waals surface area contributed by atoms with Gasteiger partial charge in [0, 0.05) is 0 Å². The number of ether oxygens (including phenoxy) is 3. The molecule has 0 atom stereocenters. The van der Waals surface area contributed by atoms with Crippen molar-refractivity contribution in [3.63, 3.8) is 0 Å². The van der Waals surface area contributed by atoms with Crippen molar-refractivity contribution in [2.45, 2.75) is 13.8 Å². The van der Waals surface area contributed by atoms with Gasteiger partial charge in [-0.1, -0.05) is 12.1 Å².